The Morgan fingerprint density at radius 1 is 1.33 bits per heavy atom. The largest absolute Gasteiger partial charge is 0.271 e. The molecule has 1 aromatic rings. The summed E-state index contributed by atoms with van der Waals surface area (Å²) in [6, 6.07) is 1.85. The molecule has 0 radical (unpaired) electrons. The van der Waals surface area contributed by atoms with E-state index in [1.165, 1.54) is 0 Å². The lowest BCUT2D eigenvalue weighted by atomic mass is 9.88. The normalized spacial score (nSPS) is 13.9. The van der Waals surface area contributed by atoms with Crippen molar-refractivity contribution in [3.8, 4) is 0 Å². The highest BCUT2D eigenvalue weighted by Crippen LogP contribution is 2.25. The standard InChI is InChI=1S/C11H20N4/c1-11(2,3)6-5-9(15-12)10-13-7-4-8-14-10/h4,7-9,15H,5-6,12H2,1-3H3. The van der Waals surface area contributed by atoms with E-state index in [1.807, 2.05) is 0 Å². The number of rotatable bonds is 4. The second-order valence-corrected chi connectivity index (χ2v) is 4.93. The summed E-state index contributed by atoms with van der Waals surface area (Å²) in [6.07, 6.45) is 5.51. The van der Waals surface area contributed by atoms with Crippen LogP contribution in [0.2, 0.25) is 0 Å². The molecule has 1 rings (SSSR count). The van der Waals surface area contributed by atoms with E-state index in [-0.39, 0.29) is 6.04 Å². The Morgan fingerprint density at radius 2 is 1.93 bits per heavy atom. The number of hydrogen-bond acceptors (Lipinski definition) is 4. The highest BCUT2D eigenvalue weighted by atomic mass is 15.2. The van der Waals surface area contributed by atoms with Crippen LogP contribution in [0.4, 0.5) is 0 Å². The van der Waals surface area contributed by atoms with Gasteiger partial charge in [0.05, 0.1) is 6.04 Å². The van der Waals surface area contributed by atoms with Crippen molar-refractivity contribution in [2.24, 2.45) is 11.3 Å². The molecule has 0 fully saturated rings. The fourth-order valence-corrected chi connectivity index (χ4v) is 1.35. The zero-order chi connectivity index (χ0) is 11.3. The van der Waals surface area contributed by atoms with Crippen molar-refractivity contribution in [2.75, 3.05) is 0 Å². The summed E-state index contributed by atoms with van der Waals surface area (Å²) < 4.78 is 0. The zero-order valence-corrected chi connectivity index (χ0v) is 9.70. The predicted octanol–water partition coefficient (Wildman–Crippen LogP) is 1.81. The zero-order valence-electron chi connectivity index (χ0n) is 9.70. The third-order valence-corrected chi connectivity index (χ3v) is 2.28. The van der Waals surface area contributed by atoms with Crippen LogP contribution < -0.4 is 11.3 Å². The number of nitrogens with two attached hydrogens (primary N) is 1. The summed E-state index contributed by atoms with van der Waals surface area (Å²) >= 11 is 0. The Balaban J connectivity index is 2.58. The SMILES string of the molecule is CC(C)(C)CCC(NN)c1ncccn1. The van der Waals surface area contributed by atoms with Crippen LogP contribution in [-0.2, 0) is 0 Å². The third kappa shape index (κ3) is 4.36. The van der Waals surface area contributed by atoms with Gasteiger partial charge in [-0.3, -0.25) is 5.84 Å². The van der Waals surface area contributed by atoms with Gasteiger partial charge in [-0.05, 0) is 24.3 Å². The van der Waals surface area contributed by atoms with Gasteiger partial charge in [0, 0.05) is 12.4 Å². The highest BCUT2D eigenvalue weighted by Gasteiger charge is 2.17. The fraction of sp³-hybridized carbons (Fsp3) is 0.636. The first-order valence-electron chi connectivity index (χ1n) is 5.26. The minimum Gasteiger partial charge on any atom is -0.271 e. The number of nitrogens with zero attached hydrogens (tertiary/aromatic N) is 2. The van der Waals surface area contributed by atoms with E-state index in [0.29, 0.717) is 5.41 Å². The van der Waals surface area contributed by atoms with E-state index < -0.39 is 0 Å². The van der Waals surface area contributed by atoms with Gasteiger partial charge in [0.2, 0.25) is 0 Å². The van der Waals surface area contributed by atoms with Crippen molar-refractivity contribution < 1.29 is 0 Å². The van der Waals surface area contributed by atoms with Crippen molar-refractivity contribution in [1.29, 1.82) is 0 Å². The van der Waals surface area contributed by atoms with Crippen LogP contribution in [0.1, 0.15) is 45.5 Å². The molecule has 3 N–H and O–H groups in total. The molecule has 1 heterocycles. The van der Waals surface area contributed by atoms with E-state index in [2.05, 4.69) is 36.2 Å². The maximum Gasteiger partial charge on any atom is 0.146 e. The minimum atomic E-state index is 0.0467. The molecule has 0 saturated carbocycles. The smallest absolute Gasteiger partial charge is 0.146 e. The van der Waals surface area contributed by atoms with Crippen molar-refractivity contribution in [3.05, 3.63) is 24.3 Å². The molecule has 0 bridgehead atoms. The lowest BCUT2D eigenvalue weighted by Crippen LogP contribution is -2.30. The van der Waals surface area contributed by atoms with Gasteiger partial charge in [-0.1, -0.05) is 20.8 Å². The molecule has 0 aromatic carbocycles. The third-order valence-electron chi connectivity index (χ3n) is 2.28. The van der Waals surface area contributed by atoms with E-state index in [4.69, 9.17) is 5.84 Å². The molecule has 1 atom stereocenters. The van der Waals surface area contributed by atoms with Gasteiger partial charge in [-0.25, -0.2) is 15.4 Å². The number of nitrogens with one attached hydrogen (secondary N) is 1. The average Bonchev–Trinajstić information content (AvgIpc) is 2.19. The summed E-state index contributed by atoms with van der Waals surface area (Å²) in [7, 11) is 0. The van der Waals surface area contributed by atoms with E-state index >= 15 is 0 Å². The minimum absolute atomic E-state index is 0.0467. The van der Waals surface area contributed by atoms with Crippen LogP contribution in [0.15, 0.2) is 18.5 Å². The molecule has 1 unspecified atom stereocenters. The average molecular weight is 208 g/mol. The van der Waals surface area contributed by atoms with Gasteiger partial charge < -0.3 is 0 Å². The molecule has 84 valence electrons. The molecular formula is C11H20N4. The van der Waals surface area contributed by atoms with Crippen molar-refractivity contribution >= 4 is 0 Å². The molecule has 0 aliphatic carbocycles. The maximum atomic E-state index is 5.50. The fourth-order valence-electron chi connectivity index (χ4n) is 1.35. The van der Waals surface area contributed by atoms with Crippen LogP contribution in [0, 0.1) is 5.41 Å². The maximum absolute atomic E-state index is 5.50. The van der Waals surface area contributed by atoms with Crippen molar-refractivity contribution in [2.45, 2.75) is 39.7 Å². The van der Waals surface area contributed by atoms with Crippen LogP contribution in [0.25, 0.3) is 0 Å². The van der Waals surface area contributed by atoms with Crippen LogP contribution >= 0.6 is 0 Å². The number of hydrogen-bond donors (Lipinski definition) is 2. The quantitative estimate of drug-likeness (QED) is 0.585. The lowest BCUT2D eigenvalue weighted by Gasteiger charge is -2.21. The van der Waals surface area contributed by atoms with Crippen LogP contribution in [0.3, 0.4) is 0 Å². The molecule has 0 aliphatic rings. The van der Waals surface area contributed by atoms with Gasteiger partial charge in [0.1, 0.15) is 5.82 Å². The van der Waals surface area contributed by atoms with Gasteiger partial charge in [-0.15, -0.1) is 0 Å². The van der Waals surface area contributed by atoms with Crippen molar-refractivity contribution in [1.82, 2.24) is 15.4 Å². The Hall–Kier alpha value is -1.00. The Morgan fingerprint density at radius 3 is 2.40 bits per heavy atom. The number of aromatic nitrogens is 2. The highest BCUT2D eigenvalue weighted by molar-refractivity contribution is 4.95. The second-order valence-electron chi connectivity index (χ2n) is 4.93. The summed E-state index contributed by atoms with van der Waals surface area (Å²) in [5.41, 5.74) is 3.08. The molecule has 4 heteroatoms. The predicted molar refractivity (Wildman–Crippen MR) is 60.8 cm³/mol. The Bertz CT molecular complexity index is 278. The van der Waals surface area contributed by atoms with E-state index in [1.54, 1.807) is 18.5 Å². The summed E-state index contributed by atoms with van der Waals surface area (Å²) in [5.74, 6) is 6.27. The van der Waals surface area contributed by atoms with E-state index in [0.717, 1.165) is 18.7 Å². The van der Waals surface area contributed by atoms with Crippen LogP contribution in [0.5, 0.6) is 0 Å². The molecule has 0 spiro atoms. The first kappa shape index (κ1) is 12.1. The monoisotopic (exact) mass is 208 g/mol. The van der Waals surface area contributed by atoms with Gasteiger partial charge in [0.25, 0.3) is 0 Å². The Labute approximate surface area is 91.3 Å². The van der Waals surface area contributed by atoms with E-state index in [9.17, 15) is 0 Å². The number of hydrazine groups is 1. The molecule has 0 saturated heterocycles. The van der Waals surface area contributed by atoms with Gasteiger partial charge in [-0.2, -0.15) is 0 Å². The van der Waals surface area contributed by atoms with Crippen molar-refractivity contribution in [3.63, 3.8) is 0 Å². The van der Waals surface area contributed by atoms with Gasteiger partial charge in [0.15, 0.2) is 0 Å². The summed E-state index contributed by atoms with van der Waals surface area (Å²) in [6.45, 7) is 6.64. The molecule has 0 aliphatic heterocycles. The molecule has 15 heavy (non-hydrogen) atoms. The molecule has 0 amide bonds. The second kappa shape index (κ2) is 5.19. The summed E-state index contributed by atoms with van der Waals surface area (Å²) in [4.78, 5) is 8.39. The topological polar surface area (TPSA) is 63.8 Å². The van der Waals surface area contributed by atoms with Gasteiger partial charge >= 0.3 is 0 Å². The molecule has 1 aromatic heterocycles. The molecular weight excluding hydrogens is 188 g/mol. The first-order chi connectivity index (χ1) is 7.03. The van der Waals surface area contributed by atoms with Crippen LogP contribution in [-0.4, -0.2) is 9.97 Å². The molecule has 4 nitrogen and oxygen atoms in total. The lowest BCUT2D eigenvalue weighted by molar-refractivity contribution is 0.328. The first-order valence-corrected chi connectivity index (χ1v) is 5.26. The Kier molecular flexibility index (Phi) is 4.17. The summed E-state index contributed by atoms with van der Waals surface area (Å²) in [5, 5.41) is 0.